The molecule has 0 spiro atoms. The van der Waals surface area contributed by atoms with Gasteiger partial charge in [-0.1, -0.05) is 29.8 Å². The Morgan fingerprint density at radius 1 is 0.962 bits per heavy atom. The number of alkyl halides is 3. The Morgan fingerprint density at radius 2 is 1.58 bits per heavy atom. The van der Waals surface area contributed by atoms with E-state index in [9.17, 15) is 22.8 Å². The van der Waals surface area contributed by atoms with E-state index in [0.29, 0.717) is 18.5 Å². The fraction of sp³-hybridized carbons (Fsp3) is 0.222. The van der Waals surface area contributed by atoms with Crippen molar-refractivity contribution in [2.45, 2.75) is 19.0 Å². The molecule has 1 fully saturated rings. The molecule has 0 unspecified atom stereocenters. The molecule has 0 heterocycles. The molecule has 2 aromatic rings. The van der Waals surface area contributed by atoms with Gasteiger partial charge in [-0.25, -0.2) is 0 Å². The zero-order valence-corrected chi connectivity index (χ0v) is 14.1. The lowest BCUT2D eigenvalue weighted by Crippen LogP contribution is -2.35. The summed E-state index contributed by atoms with van der Waals surface area (Å²) in [5.74, 6) is -1.17. The highest BCUT2D eigenvalue weighted by molar-refractivity contribution is 6.34. The molecule has 0 radical (unpaired) electrons. The lowest BCUT2D eigenvalue weighted by atomic mass is 10.0. The number of halogens is 4. The lowest BCUT2D eigenvalue weighted by Gasteiger charge is -2.17. The Balaban J connectivity index is 1.76. The van der Waals surface area contributed by atoms with Crippen LogP contribution in [0.15, 0.2) is 48.5 Å². The Hall–Kier alpha value is -2.54. The van der Waals surface area contributed by atoms with E-state index in [1.807, 2.05) is 0 Å². The third kappa shape index (κ3) is 3.67. The molecule has 3 rings (SSSR count). The van der Waals surface area contributed by atoms with E-state index in [1.54, 1.807) is 30.3 Å². The van der Waals surface area contributed by atoms with Crippen LogP contribution < -0.4 is 10.6 Å². The van der Waals surface area contributed by atoms with Crippen LogP contribution in [0.1, 0.15) is 18.4 Å². The maximum absolute atomic E-state index is 12.8. The van der Waals surface area contributed by atoms with Gasteiger partial charge in [-0.05, 0) is 43.2 Å². The molecule has 4 nitrogen and oxygen atoms in total. The Labute approximate surface area is 152 Å². The van der Waals surface area contributed by atoms with Gasteiger partial charge < -0.3 is 10.6 Å². The van der Waals surface area contributed by atoms with Crippen LogP contribution in [0, 0.1) is 5.41 Å². The van der Waals surface area contributed by atoms with Crippen molar-refractivity contribution >= 4 is 34.8 Å². The molecule has 0 saturated heterocycles. The topological polar surface area (TPSA) is 58.2 Å². The van der Waals surface area contributed by atoms with Crippen molar-refractivity contribution in [3.05, 3.63) is 59.1 Å². The van der Waals surface area contributed by atoms with Crippen LogP contribution in [0.5, 0.6) is 0 Å². The van der Waals surface area contributed by atoms with Crippen LogP contribution in [-0.4, -0.2) is 11.8 Å². The largest absolute Gasteiger partial charge is 0.416 e. The van der Waals surface area contributed by atoms with Crippen molar-refractivity contribution in [2.24, 2.45) is 5.41 Å². The minimum Gasteiger partial charge on any atom is -0.325 e. The summed E-state index contributed by atoms with van der Waals surface area (Å²) >= 11 is 5.89. The van der Waals surface area contributed by atoms with Gasteiger partial charge in [-0.3, -0.25) is 9.59 Å². The average molecular weight is 383 g/mol. The summed E-state index contributed by atoms with van der Waals surface area (Å²) in [6, 6.07) is 11.2. The quantitative estimate of drug-likeness (QED) is 0.752. The van der Waals surface area contributed by atoms with Crippen molar-refractivity contribution in [3.63, 3.8) is 0 Å². The first-order valence-corrected chi connectivity index (χ1v) is 8.15. The van der Waals surface area contributed by atoms with Gasteiger partial charge in [0.2, 0.25) is 11.8 Å². The standard InChI is InChI=1S/C18H14ClF3N2O2/c19-13-7-6-11(18(20,21)22)10-14(13)24-16(26)17(8-9-17)15(25)23-12-4-2-1-3-5-12/h1-7,10H,8-9H2,(H,23,25)(H,24,26). The predicted molar refractivity (Wildman–Crippen MR) is 91.8 cm³/mol. The van der Waals surface area contributed by atoms with Gasteiger partial charge in [0, 0.05) is 5.69 Å². The fourth-order valence-corrected chi connectivity index (χ4v) is 2.66. The Kier molecular flexibility index (Phi) is 4.66. The molecule has 1 saturated carbocycles. The smallest absolute Gasteiger partial charge is 0.325 e. The first-order chi connectivity index (χ1) is 12.2. The second-order valence-electron chi connectivity index (χ2n) is 6.05. The number of carbonyl (C=O) groups is 2. The second kappa shape index (κ2) is 6.64. The summed E-state index contributed by atoms with van der Waals surface area (Å²) in [6.07, 6.45) is -3.94. The maximum atomic E-state index is 12.8. The zero-order valence-electron chi connectivity index (χ0n) is 13.4. The highest BCUT2D eigenvalue weighted by atomic mass is 35.5. The van der Waals surface area contributed by atoms with E-state index < -0.39 is 29.0 Å². The lowest BCUT2D eigenvalue weighted by molar-refractivity contribution is -0.137. The van der Waals surface area contributed by atoms with Crippen LogP contribution >= 0.6 is 11.6 Å². The van der Waals surface area contributed by atoms with E-state index in [0.717, 1.165) is 18.2 Å². The molecule has 1 aliphatic rings. The maximum Gasteiger partial charge on any atom is 0.416 e. The Morgan fingerprint density at radius 3 is 2.15 bits per heavy atom. The van der Waals surface area contributed by atoms with Gasteiger partial charge in [0.25, 0.3) is 0 Å². The number of anilines is 2. The molecule has 2 aromatic carbocycles. The average Bonchev–Trinajstić information content (AvgIpc) is 3.38. The number of hydrogen-bond acceptors (Lipinski definition) is 2. The minimum atomic E-state index is -4.56. The molecule has 1 aliphatic carbocycles. The van der Waals surface area contributed by atoms with Crippen molar-refractivity contribution < 1.29 is 22.8 Å². The molecule has 0 aliphatic heterocycles. The SMILES string of the molecule is O=C(Nc1ccccc1)C1(C(=O)Nc2cc(C(F)(F)F)ccc2Cl)CC1. The van der Waals surface area contributed by atoms with Crippen molar-refractivity contribution in [2.75, 3.05) is 10.6 Å². The molecular weight excluding hydrogens is 369 g/mol. The summed E-state index contributed by atoms with van der Waals surface area (Å²) in [5.41, 5.74) is -1.87. The van der Waals surface area contributed by atoms with Gasteiger partial charge in [0.1, 0.15) is 5.41 Å². The third-order valence-electron chi connectivity index (χ3n) is 4.19. The van der Waals surface area contributed by atoms with Crippen LogP contribution in [0.3, 0.4) is 0 Å². The monoisotopic (exact) mass is 382 g/mol. The van der Waals surface area contributed by atoms with E-state index in [1.165, 1.54) is 0 Å². The summed E-state index contributed by atoms with van der Waals surface area (Å²) in [4.78, 5) is 25.0. The summed E-state index contributed by atoms with van der Waals surface area (Å²) < 4.78 is 38.5. The van der Waals surface area contributed by atoms with Crippen LogP contribution in [-0.2, 0) is 15.8 Å². The molecule has 8 heteroatoms. The number of rotatable bonds is 4. The van der Waals surface area contributed by atoms with E-state index in [4.69, 9.17) is 11.6 Å². The number of carbonyl (C=O) groups excluding carboxylic acids is 2. The van der Waals surface area contributed by atoms with Crippen molar-refractivity contribution in [1.29, 1.82) is 0 Å². The van der Waals surface area contributed by atoms with Crippen molar-refractivity contribution in [1.82, 2.24) is 0 Å². The molecule has 26 heavy (non-hydrogen) atoms. The van der Waals surface area contributed by atoms with Gasteiger partial charge in [0.15, 0.2) is 0 Å². The minimum absolute atomic E-state index is 0.0365. The van der Waals surface area contributed by atoms with Crippen LogP contribution in [0.2, 0.25) is 5.02 Å². The molecule has 2 N–H and O–H groups in total. The Bertz CT molecular complexity index is 849. The number of hydrogen-bond donors (Lipinski definition) is 2. The zero-order chi connectivity index (χ0) is 18.9. The van der Waals surface area contributed by atoms with Crippen LogP contribution in [0.25, 0.3) is 0 Å². The normalized spacial score (nSPS) is 15.2. The van der Waals surface area contributed by atoms with E-state index in [2.05, 4.69) is 10.6 Å². The number of benzene rings is 2. The predicted octanol–water partition coefficient (Wildman–Crippen LogP) is 4.72. The first-order valence-electron chi connectivity index (χ1n) is 7.77. The van der Waals surface area contributed by atoms with Gasteiger partial charge >= 0.3 is 6.18 Å². The van der Waals surface area contributed by atoms with E-state index >= 15 is 0 Å². The molecular formula is C18H14ClF3N2O2. The molecule has 0 bridgehead atoms. The van der Waals surface area contributed by atoms with Gasteiger partial charge in [-0.2, -0.15) is 13.2 Å². The highest BCUT2D eigenvalue weighted by Gasteiger charge is 2.56. The van der Waals surface area contributed by atoms with Crippen molar-refractivity contribution in [3.8, 4) is 0 Å². The second-order valence-corrected chi connectivity index (χ2v) is 6.46. The van der Waals surface area contributed by atoms with Gasteiger partial charge in [-0.15, -0.1) is 0 Å². The van der Waals surface area contributed by atoms with E-state index in [-0.39, 0.29) is 10.7 Å². The van der Waals surface area contributed by atoms with Gasteiger partial charge in [0.05, 0.1) is 16.3 Å². The third-order valence-corrected chi connectivity index (χ3v) is 4.52. The summed E-state index contributed by atoms with van der Waals surface area (Å²) in [6.45, 7) is 0. The first kappa shape index (κ1) is 18.3. The molecule has 0 atom stereocenters. The summed E-state index contributed by atoms with van der Waals surface area (Å²) in [5, 5.41) is 4.97. The number of para-hydroxylation sites is 1. The molecule has 0 aromatic heterocycles. The molecule has 136 valence electrons. The number of amides is 2. The summed E-state index contributed by atoms with van der Waals surface area (Å²) in [7, 11) is 0. The molecule has 2 amide bonds. The number of nitrogens with one attached hydrogen (secondary N) is 2. The highest BCUT2D eigenvalue weighted by Crippen LogP contribution is 2.48. The fourth-order valence-electron chi connectivity index (χ4n) is 2.49. The van der Waals surface area contributed by atoms with Crippen LogP contribution in [0.4, 0.5) is 24.5 Å².